The molecule has 1 aromatic rings. The molecule has 18 heavy (non-hydrogen) atoms. The summed E-state index contributed by atoms with van der Waals surface area (Å²) < 4.78 is 39.8. The first-order chi connectivity index (χ1) is 8.29. The summed E-state index contributed by atoms with van der Waals surface area (Å²) in [6, 6.07) is 3.31. The molecule has 0 fully saturated rings. The number of anilines is 1. The molecule has 0 aliphatic heterocycles. The smallest absolute Gasteiger partial charge is 0.381 e. The van der Waals surface area contributed by atoms with Crippen LogP contribution in [0.2, 0.25) is 10.0 Å². The van der Waals surface area contributed by atoms with Crippen molar-refractivity contribution in [1.82, 2.24) is 0 Å². The van der Waals surface area contributed by atoms with Crippen molar-refractivity contribution in [3.63, 3.8) is 0 Å². The normalized spacial score (nSPS) is 11.7. The molecule has 0 heterocycles. The van der Waals surface area contributed by atoms with Gasteiger partial charge in [0, 0.05) is 11.6 Å². The third-order valence-electron chi connectivity index (χ3n) is 2.08. The predicted octanol–water partition coefficient (Wildman–Crippen LogP) is 4.29. The molecule has 0 saturated heterocycles. The van der Waals surface area contributed by atoms with Crippen molar-refractivity contribution in [3.8, 4) is 0 Å². The standard InChI is InChI=1S/C11H12Cl2F3NO/c1-7-4-9(13)10(5-8(7)12)17-2-3-18-6-11(14,15)16/h4-5,17H,2-3,6H2,1H3. The molecule has 0 unspecified atom stereocenters. The summed E-state index contributed by atoms with van der Waals surface area (Å²) in [5.41, 5.74) is 1.41. The second kappa shape index (κ2) is 6.50. The van der Waals surface area contributed by atoms with Gasteiger partial charge in [0.05, 0.1) is 17.3 Å². The van der Waals surface area contributed by atoms with E-state index in [1.807, 2.05) is 6.92 Å². The Kier molecular flexibility index (Phi) is 5.56. The SMILES string of the molecule is Cc1cc(Cl)c(NCCOCC(F)(F)F)cc1Cl. The molecule has 1 aromatic carbocycles. The zero-order valence-electron chi connectivity index (χ0n) is 9.57. The van der Waals surface area contributed by atoms with Gasteiger partial charge in [-0.2, -0.15) is 13.2 Å². The zero-order chi connectivity index (χ0) is 13.8. The van der Waals surface area contributed by atoms with E-state index < -0.39 is 12.8 Å². The Morgan fingerprint density at radius 3 is 2.50 bits per heavy atom. The van der Waals surface area contributed by atoms with Gasteiger partial charge in [0.1, 0.15) is 6.61 Å². The Labute approximate surface area is 113 Å². The molecule has 2 nitrogen and oxygen atoms in total. The summed E-state index contributed by atoms with van der Waals surface area (Å²) in [6.07, 6.45) is -4.30. The second-order valence-electron chi connectivity index (χ2n) is 3.68. The number of rotatable bonds is 5. The average molecular weight is 302 g/mol. The van der Waals surface area contributed by atoms with E-state index in [1.54, 1.807) is 12.1 Å². The molecule has 0 amide bonds. The number of benzene rings is 1. The van der Waals surface area contributed by atoms with E-state index in [0.717, 1.165) is 5.56 Å². The first kappa shape index (κ1) is 15.4. The summed E-state index contributed by atoms with van der Waals surface area (Å²) in [4.78, 5) is 0. The summed E-state index contributed by atoms with van der Waals surface area (Å²) >= 11 is 11.9. The first-order valence-corrected chi connectivity index (χ1v) is 5.89. The molecular formula is C11H12Cl2F3NO. The number of nitrogens with one attached hydrogen (secondary N) is 1. The lowest BCUT2D eigenvalue weighted by Crippen LogP contribution is -2.20. The van der Waals surface area contributed by atoms with Gasteiger partial charge >= 0.3 is 6.18 Å². The Bertz CT molecular complexity index is 410. The number of aryl methyl sites for hydroxylation is 1. The molecule has 0 saturated carbocycles. The maximum absolute atomic E-state index is 11.8. The fourth-order valence-corrected chi connectivity index (χ4v) is 1.68. The van der Waals surface area contributed by atoms with Crippen molar-refractivity contribution >= 4 is 28.9 Å². The van der Waals surface area contributed by atoms with Crippen molar-refractivity contribution in [3.05, 3.63) is 27.7 Å². The van der Waals surface area contributed by atoms with Crippen LogP contribution in [0.4, 0.5) is 18.9 Å². The fraction of sp³-hybridized carbons (Fsp3) is 0.455. The van der Waals surface area contributed by atoms with Crippen LogP contribution >= 0.6 is 23.2 Å². The van der Waals surface area contributed by atoms with E-state index in [4.69, 9.17) is 23.2 Å². The van der Waals surface area contributed by atoms with Crippen LogP contribution in [0.1, 0.15) is 5.56 Å². The first-order valence-electron chi connectivity index (χ1n) is 5.13. The van der Waals surface area contributed by atoms with Crippen LogP contribution in [-0.2, 0) is 4.74 Å². The lowest BCUT2D eigenvalue weighted by Gasteiger charge is -2.11. The van der Waals surface area contributed by atoms with Crippen molar-refractivity contribution in [1.29, 1.82) is 0 Å². The third kappa shape index (κ3) is 5.33. The highest BCUT2D eigenvalue weighted by atomic mass is 35.5. The Hall–Kier alpha value is -0.650. The molecule has 0 aliphatic carbocycles. The number of ether oxygens (including phenoxy) is 1. The van der Waals surface area contributed by atoms with E-state index in [2.05, 4.69) is 10.1 Å². The predicted molar refractivity (Wildman–Crippen MR) is 66.6 cm³/mol. The van der Waals surface area contributed by atoms with Crippen LogP contribution in [0.3, 0.4) is 0 Å². The monoisotopic (exact) mass is 301 g/mol. The summed E-state index contributed by atoms with van der Waals surface area (Å²) in [5.74, 6) is 0. The summed E-state index contributed by atoms with van der Waals surface area (Å²) in [5, 5.41) is 3.86. The van der Waals surface area contributed by atoms with Gasteiger partial charge in [0.2, 0.25) is 0 Å². The van der Waals surface area contributed by atoms with Gasteiger partial charge in [-0.1, -0.05) is 23.2 Å². The van der Waals surface area contributed by atoms with Crippen molar-refractivity contribution in [2.75, 3.05) is 25.1 Å². The van der Waals surface area contributed by atoms with Gasteiger partial charge in [-0.25, -0.2) is 0 Å². The van der Waals surface area contributed by atoms with Crippen molar-refractivity contribution in [2.24, 2.45) is 0 Å². The van der Waals surface area contributed by atoms with Gasteiger partial charge in [0.25, 0.3) is 0 Å². The molecule has 7 heteroatoms. The molecule has 0 aliphatic rings. The van der Waals surface area contributed by atoms with Gasteiger partial charge in [0.15, 0.2) is 0 Å². The fourth-order valence-electron chi connectivity index (χ4n) is 1.23. The molecule has 0 radical (unpaired) electrons. The van der Waals surface area contributed by atoms with Crippen LogP contribution in [0.25, 0.3) is 0 Å². The van der Waals surface area contributed by atoms with Gasteiger partial charge in [-0.05, 0) is 24.6 Å². The number of hydrogen-bond donors (Lipinski definition) is 1. The maximum Gasteiger partial charge on any atom is 0.411 e. The Balaban J connectivity index is 2.38. The van der Waals surface area contributed by atoms with Crippen LogP contribution in [0.15, 0.2) is 12.1 Å². The summed E-state index contributed by atoms with van der Waals surface area (Å²) in [6.45, 7) is 0.706. The summed E-state index contributed by atoms with van der Waals surface area (Å²) in [7, 11) is 0. The van der Waals surface area contributed by atoms with Crippen LogP contribution < -0.4 is 5.32 Å². The van der Waals surface area contributed by atoms with E-state index in [1.165, 1.54) is 0 Å². The van der Waals surface area contributed by atoms with Crippen LogP contribution in [0.5, 0.6) is 0 Å². The molecule has 0 bridgehead atoms. The van der Waals surface area contributed by atoms with E-state index in [0.29, 0.717) is 15.7 Å². The molecule has 1 N–H and O–H groups in total. The minimum absolute atomic E-state index is 0.0681. The number of hydrogen-bond acceptors (Lipinski definition) is 2. The molecule has 0 atom stereocenters. The lowest BCUT2D eigenvalue weighted by atomic mass is 10.2. The van der Waals surface area contributed by atoms with Gasteiger partial charge in [-0.15, -0.1) is 0 Å². The molecule has 0 spiro atoms. The second-order valence-corrected chi connectivity index (χ2v) is 4.49. The highest BCUT2D eigenvalue weighted by Gasteiger charge is 2.27. The van der Waals surface area contributed by atoms with Crippen molar-refractivity contribution < 1.29 is 17.9 Å². The van der Waals surface area contributed by atoms with Crippen molar-refractivity contribution in [2.45, 2.75) is 13.1 Å². The minimum Gasteiger partial charge on any atom is -0.381 e. The molecule has 102 valence electrons. The Morgan fingerprint density at radius 1 is 1.22 bits per heavy atom. The highest BCUT2D eigenvalue weighted by molar-refractivity contribution is 6.35. The van der Waals surface area contributed by atoms with Gasteiger partial charge in [-0.3, -0.25) is 0 Å². The van der Waals surface area contributed by atoms with E-state index in [9.17, 15) is 13.2 Å². The third-order valence-corrected chi connectivity index (χ3v) is 2.80. The quantitative estimate of drug-likeness (QED) is 0.819. The number of alkyl halides is 3. The molecule has 0 aromatic heterocycles. The lowest BCUT2D eigenvalue weighted by molar-refractivity contribution is -0.172. The Morgan fingerprint density at radius 2 is 1.89 bits per heavy atom. The zero-order valence-corrected chi connectivity index (χ0v) is 11.1. The number of halogens is 5. The minimum atomic E-state index is -4.30. The largest absolute Gasteiger partial charge is 0.411 e. The maximum atomic E-state index is 11.8. The van der Waals surface area contributed by atoms with Gasteiger partial charge < -0.3 is 10.1 Å². The molecular weight excluding hydrogens is 290 g/mol. The van der Waals surface area contributed by atoms with Crippen LogP contribution in [-0.4, -0.2) is 25.9 Å². The molecule has 1 rings (SSSR count). The van der Waals surface area contributed by atoms with Crippen LogP contribution in [0, 0.1) is 6.92 Å². The topological polar surface area (TPSA) is 21.3 Å². The van der Waals surface area contributed by atoms with E-state index in [-0.39, 0.29) is 13.2 Å². The highest BCUT2D eigenvalue weighted by Crippen LogP contribution is 2.28. The average Bonchev–Trinajstić information content (AvgIpc) is 2.23. The van der Waals surface area contributed by atoms with E-state index >= 15 is 0 Å².